The van der Waals surface area contributed by atoms with E-state index in [1.165, 1.54) is 68.6 Å². The Morgan fingerprint density at radius 1 is 0.253 bits per heavy atom. The van der Waals surface area contributed by atoms with Gasteiger partial charge in [-0.25, -0.2) is 0 Å². The average Bonchev–Trinajstić information content (AvgIpc) is 3.47. The number of aliphatic hydroxyl groups is 2. The van der Waals surface area contributed by atoms with E-state index in [4.69, 9.17) is 10.2 Å². The summed E-state index contributed by atoms with van der Waals surface area (Å²) < 4.78 is 13.9. The van der Waals surface area contributed by atoms with Gasteiger partial charge >= 0.3 is 446 Å². The number of benzene rings is 9. The quantitative estimate of drug-likeness (QED) is 0.0946. The Bertz CT molecular complexity index is 2490. The first-order valence-corrected chi connectivity index (χ1v) is 42.2. The standard InChI is InChI=1S/9C7H7.C6H15P.2CH4O.Pt.4Sn/c9*1-7-5-3-2-4-6-7;1-4-7(5-2)6-3;2*1-2;;;;;/h9*3-6H,1H3;4-6H2,1-3H3;2*2H,1H3;;;;;/p+1. The molecule has 9 rings (SSSR count). The van der Waals surface area contributed by atoms with Crippen molar-refractivity contribution in [3.8, 4) is 0 Å². The van der Waals surface area contributed by atoms with E-state index in [1.807, 2.05) is 0 Å². The first-order valence-electron chi connectivity index (χ1n) is 27.2. The van der Waals surface area contributed by atoms with Crippen LogP contribution in [0.2, 0.25) is 0 Å². The molecule has 8 heteroatoms. The molecular formula is C71H87O2PPtSn4+. The fourth-order valence-electron chi connectivity index (χ4n) is 7.73. The first kappa shape index (κ1) is 72.3. The van der Waals surface area contributed by atoms with Crippen LogP contribution in [-0.2, 0) is 21.1 Å². The van der Waals surface area contributed by atoms with Crippen LogP contribution in [0.15, 0.2) is 218 Å². The minimum absolute atomic E-state index is 0. The minimum atomic E-state index is -2.06. The van der Waals surface area contributed by atoms with Gasteiger partial charge in [-0.2, -0.15) is 0 Å². The Kier molecular flexibility index (Phi) is 38.5. The molecule has 2 N–H and O–H groups in total. The van der Waals surface area contributed by atoms with Gasteiger partial charge in [-0.3, -0.25) is 0 Å². The fourth-order valence-corrected chi connectivity index (χ4v) is 24.9. The molecule has 0 fully saturated rings. The summed E-state index contributed by atoms with van der Waals surface area (Å²) in [6.45, 7) is 26.2. The van der Waals surface area contributed by atoms with Gasteiger partial charge in [0.05, 0.1) is 18.5 Å². The van der Waals surface area contributed by atoms with Crippen molar-refractivity contribution >= 4 is 123 Å². The van der Waals surface area contributed by atoms with Crippen molar-refractivity contribution in [3.05, 3.63) is 268 Å². The molecular weight excluding hydrogens is 1590 g/mol. The van der Waals surface area contributed by atoms with E-state index in [1.54, 1.807) is 32.2 Å². The van der Waals surface area contributed by atoms with Crippen LogP contribution in [0.4, 0.5) is 0 Å². The van der Waals surface area contributed by atoms with Gasteiger partial charge in [0.15, 0.2) is 0 Å². The van der Waals surface area contributed by atoms with Gasteiger partial charge in [-0.15, -0.1) is 0 Å². The molecule has 0 saturated carbocycles. The maximum atomic E-state index is 7.00. The van der Waals surface area contributed by atoms with Gasteiger partial charge in [0, 0.05) is 35.3 Å². The number of aryl methyl sites for hydroxylation is 9. The zero-order valence-corrected chi connectivity index (χ0v) is 64.3. The van der Waals surface area contributed by atoms with Crippen LogP contribution in [0, 0.1) is 62.3 Å². The zero-order valence-electron chi connectivity index (χ0n) is 49.6. The summed E-state index contributed by atoms with van der Waals surface area (Å²) in [4.78, 5) is 0. The average molecular weight is 1670 g/mol. The molecule has 0 aromatic heterocycles. The first-order chi connectivity index (χ1) is 37.7. The van der Waals surface area contributed by atoms with E-state index in [2.05, 4.69) is 301 Å². The molecule has 2 nitrogen and oxygen atoms in total. The van der Waals surface area contributed by atoms with Gasteiger partial charge in [-0.05, 0) is 28.7 Å². The molecule has 79 heavy (non-hydrogen) atoms. The molecule has 0 spiro atoms. The van der Waals surface area contributed by atoms with Crippen molar-refractivity contribution < 1.29 is 31.3 Å². The van der Waals surface area contributed by atoms with Gasteiger partial charge < -0.3 is 10.2 Å². The van der Waals surface area contributed by atoms with Crippen LogP contribution < -0.4 is 32.2 Å². The Labute approximate surface area is 532 Å². The molecule has 0 saturated heterocycles. The summed E-state index contributed by atoms with van der Waals surface area (Å²) in [6.07, 6.45) is 4.37. The molecule has 0 atom stereocenters. The minimum Gasteiger partial charge on any atom is 0 e. The predicted molar refractivity (Wildman–Crippen MR) is 357 cm³/mol. The van der Waals surface area contributed by atoms with Crippen molar-refractivity contribution in [3.63, 3.8) is 0 Å². The number of hydrogen-bond donors (Lipinski definition) is 2. The SMILES string of the molecule is CC[PH+](CC)CC.CO.CO.Cc1cc[c]([Sn]([c]2ccc(C)cc2)[c]2ccc(C)cc2)cc1.Cc1cc[c]([Sn][c]2ccc(C)cc2)cc1.Cc1cc[c]([Sn][c]2ccc(C)cc2)cc1.Cc1cc[c]([Sn][c]2ccc(C)cc2)cc1.[Pt]. The topological polar surface area (TPSA) is 40.5 Å². The maximum absolute atomic E-state index is 7.00. The van der Waals surface area contributed by atoms with Gasteiger partial charge in [0.25, 0.3) is 0 Å². The van der Waals surface area contributed by atoms with Crippen LogP contribution in [0.25, 0.3) is 0 Å². The normalized spacial score (nSPS) is 9.95. The maximum Gasteiger partial charge on any atom is 0 e. The summed E-state index contributed by atoms with van der Waals surface area (Å²) in [5, 5.41) is 14.0. The second-order valence-corrected chi connectivity index (χ2v) is 42.1. The van der Waals surface area contributed by atoms with Gasteiger partial charge in [0.2, 0.25) is 0 Å². The molecule has 0 heterocycles. The van der Waals surface area contributed by atoms with E-state index >= 15 is 0 Å². The fraction of sp³-hybridized carbons (Fsp3) is 0.239. The second kappa shape index (κ2) is 42.1. The Hall–Kier alpha value is -2.79. The van der Waals surface area contributed by atoms with E-state index in [0.29, 0.717) is 0 Å². The number of rotatable bonds is 12. The van der Waals surface area contributed by atoms with E-state index in [-0.39, 0.29) is 29.0 Å². The molecule has 0 aliphatic carbocycles. The van der Waals surface area contributed by atoms with Crippen LogP contribution in [0.1, 0.15) is 70.8 Å². The van der Waals surface area contributed by atoms with Crippen LogP contribution in [-0.4, -0.2) is 126 Å². The van der Waals surface area contributed by atoms with Crippen molar-refractivity contribution in [2.45, 2.75) is 83.1 Å². The van der Waals surface area contributed by atoms with Crippen molar-refractivity contribution in [2.24, 2.45) is 0 Å². The monoisotopic (exact) mass is 1680 g/mol. The Balaban J connectivity index is 0.000000341. The van der Waals surface area contributed by atoms with Crippen LogP contribution >= 0.6 is 7.92 Å². The molecule has 0 aliphatic rings. The molecule has 9 aromatic rings. The number of aliphatic hydroxyl groups excluding tert-OH is 2. The van der Waals surface area contributed by atoms with E-state index in [0.717, 1.165) is 14.2 Å². The summed E-state index contributed by atoms with van der Waals surface area (Å²) in [6, 6.07) is 81.4. The summed E-state index contributed by atoms with van der Waals surface area (Å²) in [5.74, 6) is 0. The summed E-state index contributed by atoms with van der Waals surface area (Å²) in [5.41, 5.74) is 12.1. The third-order valence-electron chi connectivity index (χ3n) is 12.7. The molecule has 0 aliphatic heterocycles. The van der Waals surface area contributed by atoms with Crippen LogP contribution in [0.5, 0.6) is 0 Å². The van der Waals surface area contributed by atoms with Crippen molar-refractivity contribution in [2.75, 3.05) is 32.7 Å². The summed E-state index contributed by atoms with van der Waals surface area (Å²) >= 11 is -3.73. The predicted octanol–water partition coefficient (Wildman–Crippen LogP) is 10.5. The third-order valence-corrected chi connectivity index (χ3v) is 34.1. The molecule has 7 radical (unpaired) electrons. The second-order valence-electron chi connectivity index (χ2n) is 19.4. The largest absolute Gasteiger partial charge is 0 e. The molecule has 0 amide bonds. The van der Waals surface area contributed by atoms with Gasteiger partial charge in [-0.1, -0.05) is 0 Å². The van der Waals surface area contributed by atoms with E-state index in [9.17, 15) is 0 Å². The molecule has 9 aromatic carbocycles. The number of hydrogen-bond acceptors (Lipinski definition) is 2. The van der Waals surface area contributed by atoms with E-state index < -0.39 is 83.2 Å². The molecule has 0 bridgehead atoms. The van der Waals surface area contributed by atoms with Crippen molar-refractivity contribution in [1.82, 2.24) is 0 Å². The Morgan fingerprint density at radius 2 is 0.380 bits per heavy atom. The Morgan fingerprint density at radius 3 is 0.494 bits per heavy atom. The van der Waals surface area contributed by atoms with Crippen molar-refractivity contribution in [1.29, 1.82) is 0 Å². The zero-order chi connectivity index (χ0) is 57.2. The summed E-state index contributed by atoms with van der Waals surface area (Å²) in [7, 11) is 2.14. The molecule has 0 unspecified atom stereocenters. The third kappa shape index (κ3) is 29.3. The van der Waals surface area contributed by atoms with Crippen LogP contribution in [0.3, 0.4) is 0 Å². The smallest absolute Gasteiger partial charge is 0 e. The van der Waals surface area contributed by atoms with Gasteiger partial charge in [0.1, 0.15) is 0 Å². The molecule has 413 valence electrons.